The van der Waals surface area contributed by atoms with Gasteiger partial charge in [-0.1, -0.05) is 41.4 Å². The van der Waals surface area contributed by atoms with Crippen LogP contribution in [0.1, 0.15) is 11.3 Å². The van der Waals surface area contributed by atoms with Gasteiger partial charge in [-0.2, -0.15) is 5.26 Å². The van der Waals surface area contributed by atoms with Gasteiger partial charge in [0.2, 0.25) is 0 Å². The van der Waals surface area contributed by atoms with Crippen molar-refractivity contribution in [3.05, 3.63) is 85.8 Å². The molecule has 1 aromatic heterocycles. The SMILES string of the molecule is Cc1c(/C=C(\C#N)C(=O)Nc2ccc(Cl)cc2Cl)c(=O)n(-c2ccccc2)n1C. The highest BCUT2D eigenvalue weighted by atomic mass is 35.5. The lowest BCUT2D eigenvalue weighted by Crippen LogP contribution is -2.20. The van der Waals surface area contributed by atoms with Crippen LogP contribution in [0.5, 0.6) is 0 Å². The lowest BCUT2D eigenvalue weighted by molar-refractivity contribution is -0.112. The number of carbonyl (C=O) groups is 1. The molecule has 0 aliphatic rings. The van der Waals surface area contributed by atoms with E-state index in [1.165, 1.54) is 22.9 Å². The van der Waals surface area contributed by atoms with E-state index in [0.29, 0.717) is 22.1 Å². The van der Waals surface area contributed by atoms with Gasteiger partial charge < -0.3 is 5.32 Å². The molecule has 0 bridgehead atoms. The van der Waals surface area contributed by atoms with E-state index < -0.39 is 5.91 Å². The smallest absolute Gasteiger partial charge is 0.278 e. The molecule has 1 heterocycles. The Kier molecular flexibility index (Phi) is 5.92. The first-order chi connectivity index (χ1) is 13.8. The number of nitrogens with one attached hydrogen (secondary N) is 1. The van der Waals surface area contributed by atoms with Crippen molar-refractivity contribution in [1.82, 2.24) is 9.36 Å². The molecule has 0 radical (unpaired) electrons. The van der Waals surface area contributed by atoms with Gasteiger partial charge in [0.15, 0.2) is 0 Å². The van der Waals surface area contributed by atoms with E-state index in [4.69, 9.17) is 23.2 Å². The van der Waals surface area contributed by atoms with Crippen molar-refractivity contribution < 1.29 is 4.79 Å². The molecule has 3 aromatic rings. The number of aromatic nitrogens is 2. The molecule has 0 spiro atoms. The number of anilines is 1. The third-order valence-electron chi connectivity index (χ3n) is 4.43. The average Bonchev–Trinajstić information content (AvgIpc) is 2.91. The summed E-state index contributed by atoms with van der Waals surface area (Å²) in [5.74, 6) is -0.675. The molecule has 0 aliphatic heterocycles. The summed E-state index contributed by atoms with van der Waals surface area (Å²) in [6.07, 6.45) is 1.29. The molecule has 0 saturated carbocycles. The van der Waals surface area contributed by atoms with Crippen LogP contribution in [0.2, 0.25) is 10.0 Å². The Morgan fingerprint density at radius 2 is 1.86 bits per heavy atom. The number of hydrogen-bond donors (Lipinski definition) is 1. The van der Waals surface area contributed by atoms with Gasteiger partial charge in [0.1, 0.15) is 11.6 Å². The molecule has 146 valence electrons. The largest absolute Gasteiger partial charge is 0.320 e. The van der Waals surface area contributed by atoms with Gasteiger partial charge in [0.25, 0.3) is 11.5 Å². The molecule has 0 aliphatic carbocycles. The number of benzene rings is 2. The highest BCUT2D eigenvalue weighted by molar-refractivity contribution is 6.36. The molecule has 1 amide bonds. The standard InChI is InChI=1S/C21H16Cl2N4O2/c1-13-17(21(29)27(26(13)2)16-6-4-3-5-7-16)10-14(12-24)20(28)25-19-9-8-15(22)11-18(19)23/h3-11H,1-2H3,(H,25,28)/b14-10+. The molecule has 1 N–H and O–H groups in total. The Morgan fingerprint density at radius 3 is 2.48 bits per heavy atom. The van der Waals surface area contributed by atoms with Crippen LogP contribution in [0.4, 0.5) is 5.69 Å². The zero-order valence-corrected chi connectivity index (χ0v) is 17.1. The maximum absolute atomic E-state index is 13.0. The van der Waals surface area contributed by atoms with E-state index in [1.807, 2.05) is 24.3 Å². The van der Waals surface area contributed by atoms with Gasteiger partial charge in [-0.05, 0) is 43.3 Å². The molecule has 0 unspecified atom stereocenters. The van der Waals surface area contributed by atoms with Crippen LogP contribution in [0.3, 0.4) is 0 Å². The monoisotopic (exact) mass is 426 g/mol. The van der Waals surface area contributed by atoms with Crippen LogP contribution in [0.25, 0.3) is 11.8 Å². The molecule has 0 fully saturated rings. The molecule has 2 aromatic carbocycles. The van der Waals surface area contributed by atoms with Crippen LogP contribution < -0.4 is 10.9 Å². The zero-order chi connectivity index (χ0) is 21.1. The number of amides is 1. The molecule has 6 nitrogen and oxygen atoms in total. The highest BCUT2D eigenvalue weighted by Gasteiger charge is 2.18. The second-order valence-corrected chi connectivity index (χ2v) is 7.07. The van der Waals surface area contributed by atoms with E-state index in [1.54, 1.807) is 36.9 Å². The number of nitriles is 1. The van der Waals surface area contributed by atoms with Crippen LogP contribution in [-0.2, 0) is 11.8 Å². The predicted molar refractivity (Wildman–Crippen MR) is 114 cm³/mol. The Labute approximate surface area is 177 Å². The van der Waals surface area contributed by atoms with Crippen molar-refractivity contribution in [2.45, 2.75) is 6.92 Å². The van der Waals surface area contributed by atoms with Crippen LogP contribution in [0, 0.1) is 18.3 Å². The quantitative estimate of drug-likeness (QED) is 0.497. The van der Waals surface area contributed by atoms with E-state index in [-0.39, 0.29) is 21.7 Å². The van der Waals surface area contributed by atoms with E-state index >= 15 is 0 Å². The average molecular weight is 427 g/mol. The molecular formula is C21H16Cl2N4O2. The van der Waals surface area contributed by atoms with Crippen molar-refractivity contribution >= 4 is 40.9 Å². The first-order valence-electron chi connectivity index (χ1n) is 8.55. The number of para-hydroxylation sites is 1. The molecule has 0 saturated heterocycles. The summed E-state index contributed by atoms with van der Waals surface area (Å²) < 4.78 is 3.15. The van der Waals surface area contributed by atoms with Gasteiger partial charge in [-0.15, -0.1) is 0 Å². The number of rotatable bonds is 4. The summed E-state index contributed by atoms with van der Waals surface area (Å²) in [6.45, 7) is 1.75. The summed E-state index contributed by atoms with van der Waals surface area (Å²) in [5, 5.41) is 12.7. The summed E-state index contributed by atoms with van der Waals surface area (Å²) in [7, 11) is 1.74. The normalized spacial score (nSPS) is 11.2. The van der Waals surface area contributed by atoms with Crippen molar-refractivity contribution in [2.75, 3.05) is 5.32 Å². The maximum Gasteiger partial charge on any atom is 0.278 e. The highest BCUT2D eigenvalue weighted by Crippen LogP contribution is 2.26. The predicted octanol–water partition coefficient (Wildman–Crippen LogP) is 4.34. The summed E-state index contributed by atoms with van der Waals surface area (Å²) >= 11 is 11.9. The lowest BCUT2D eigenvalue weighted by atomic mass is 10.1. The second-order valence-electron chi connectivity index (χ2n) is 6.22. The first kappa shape index (κ1) is 20.5. The summed E-state index contributed by atoms with van der Waals surface area (Å²) in [4.78, 5) is 25.5. The number of halogens is 2. The first-order valence-corrected chi connectivity index (χ1v) is 9.31. The summed E-state index contributed by atoms with van der Waals surface area (Å²) in [6, 6.07) is 15.5. The Balaban J connectivity index is 2.01. The Bertz CT molecular complexity index is 1220. The maximum atomic E-state index is 13.0. The van der Waals surface area contributed by atoms with E-state index in [9.17, 15) is 14.9 Å². The topological polar surface area (TPSA) is 79.8 Å². The third kappa shape index (κ3) is 4.11. The van der Waals surface area contributed by atoms with Crippen LogP contribution in [0.15, 0.2) is 58.9 Å². The molecular weight excluding hydrogens is 411 g/mol. The van der Waals surface area contributed by atoms with Gasteiger partial charge in [0.05, 0.1) is 22.0 Å². The summed E-state index contributed by atoms with van der Waals surface area (Å²) in [5.41, 5.74) is 1.31. The molecule has 0 atom stereocenters. The fourth-order valence-electron chi connectivity index (χ4n) is 2.83. The van der Waals surface area contributed by atoms with Crippen molar-refractivity contribution in [1.29, 1.82) is 5.26 Å². The van der Waals surface area contributed by atoms with Crippen molar-refractivity contribution in [2.24, 2.45) is 7.05 Å². The lowest BCUT2D eigenvalue weighted by Gasteiger charge is -2.07. The Hall–Kier alpha value is -3.27. The van der Waals surface area contributed by atoms with Gasteiger partial charge in [-0.25, -0.2) is 4.68 Å². The van der Waals surface area contributed by atoms with Crippen LogP contribution >= 0.6 is 23.2 Å². The van der Waals surface area contributed by atoms with Gasteiger partial charge in [-0.3, -0.25) is 14.3 Å². The van der Waals surface area contributed by atoms with Crippen molar-refractivity contribution in [3.63, 3.8) is 0 Å². The fraction of sp³-hybridized carbons (Fsp3) is 0.0952. The fourth-order valence-corrected chi connectivity index (χ4v) is 3.28. The number of hydrogen-bond acceptors (Lipinski definition) is 3. The minimum atomic E-state index is -0.675. The van der Waals surface area contributed by atoms with Crippen LogP contribution in [-0.4, -0.2) is 15.3 Å². The van der Waals surface area contributed by atoms with Gasteiger partial charge in [0, 0.05) is 17.8 Å². The second kappa shape index (κ2) is 8.39. The van der Waals surface area contributed by atoms with Gasteiger partial charge >= 0.3 is 0 Å². The number of nitrogens with zero attached hydrogens (tertiary/aromatic N) is 3. The Morgan fingerprint density at radius 1 is 1.17 bits per heavy atom. The van der Waals surface area contributed by atoms with E-state index in [0.717, 1.165) is 0 Å². The third-order valence-corrected chi connectivity index (χ3v) is 4.98. The minimum Gasteiger partial charge on any atom is -0.320 e. The van der Waals surface area contributed by atoms with Crippen molar-refractivity contribution in [3.8, 4) is 11.8 Å². The molecule has 3 rings (SSSR count). The number of carbonyl (C=O) groups excluding carboxylic acids is 1. The minimum absolute atomic E-state index is 0.220. The zero-order valence-electron chi connectivity index (χ0n) is 15.6. The van der Waals surface area contributed by atoms with E-state index in [2.05, 4.69) is 5.32 Å². The molecule has 29 heavy (non-hydrogen) atoms. The molecule has 8 heteroatoms.